The third-order valence-corrected chi connectivity index (χ3v) is 5.10. The largest absolute Gasteiger partial charge is 0.469 e. The lowest BCUT2D eigenvalue weighted by Gasteiger charge is -2.15. The highest BCUT2D eigenvalue weighted by Gasteiger charge is 2.06. The van der Waals surface area contributed by atoms with Gasteiger partial charge in [-0.2, -0.15) is 0 Å². The number of carbonyl (C=O) groups is 1. The maximum absolute atomic E-state index is 11.0. The number of methoxy groups -OCH3 is 2. The average Bonchev–Trinajstić information content (AvgIpc) is 2.63. The monoisotopic (exact) mass is 356 g/mol. The van der Waals surface area contributed by atoms with E-state index in [0.29, 0.717) is 12.5 Å². The molecule has 3 heteroatoms. The van der Waals surface area contributed by atoms with Gasteiger partial charge in [0, 0.05) is 13.5 Å². The molecule has 0 N–H and O–H groups in total. The molecule has 0 rings (SSSR count). The first-order chi connectivity index (χ1) is 12.2. The van der Waals surface area contributed by atoms with Crippen LogP contribution in [0.5, 0.6) is 0 Å². The quantitative estimate of drug-likeness (QED) is 0.188. The van der Waals surface area contributed by atoms with E-state index in [-0.39, 0.29) is 5.97 Å². The van der Waals surface area contributed by atoms with E-state index in [1.807, 2.05) is 7.11 Å². The summed E-state index contributed by atoms with van der Waals surface area (Å²) in [6.07, 6.45) is 21.7. The molecule has 0 aliphatic heterocycles. The van der Waals surface area contributed by atoms with Crippen molar-refractivity contribution in [1.82, 2.24) is 0 Å². The Labute approximate surface area is 157 Å². The first kappa shape index (κ1) is 24.4. The zero-order valence-corrected chi connectivity index (χ0v) is 17.3. The summed E-state index contributed by atoms with van der Waals surface area (Å²) < 4.78 is 10.3. The fraction of sp³-hybridized carbons (Fsp3) is 0.955. The Kier molecular flexibility index (Phi) is 19.3. The van der Waals surface area contributed by atoms with Gasteiger partial charge in [-0.15, -0.1) is 0 Å². The Morgan fingerprint density at radius 1 is 0.680 bits per heavy atom. The van der Waals surface area contributed by atoms with E-state index < -0.39 is 0 Å². The molecule has 1 atom stereocenters. The summed E-state index contributed by atoms with van der Waals surface area (Å²) in [5.74, 6) is -0.0725. The van der Waals surface area contributed by atoms with E-state index in [4.69, 9.17) is 4.74 Å². The number of carbonyl (C=O) groups excluding carboxylic acids is 1. The Hall–Kier alpha value is -0.570. The molecule has 0 aromatic heterocycles. The second-order valence-corrected chi connectivity index (χ2v) is 7.36. The molecule has 0 saturated heterocycles. The van der Waals surface area contributed by atoms with Gasteiger partial charge in [0.1, 0.15) is 0 Å². The Morgan fingerprint density at radius 2 is 1.12 bits per heavy atom. The van der Waals surface area contributed by atoms with Crippen molar-refractivity contribution in [3.8, 4) is 0 Å². The molecule has 0 bridgehead atoms. The van der Waals surface area contributed by atoms with Gasteiger partial charge in [0.25, 0.3) is 0 Å². The summed E-state index contributed by atoms with van der Waals surface area (Å²) in [7, 11) is 3.33. The molecule has 150 valence electrons. The summed E-state index contributed by atoms with van der Waals surface area (Å²) in [5.41, 5.74) is 0. The van der Waals surface area contributed by atoms with Crippen molar-refractivity contribution < 1.29 is 14.3 Å². The summed E-state index contributed by atoms with van der Waals surface area (Å²) in [6.45, 7) is 2.26. The first-order valence-corrected chi connectivity index (χ1v) is 10.8. The van der Waals surface area contributed by atoms with Gasteiger partial charge in [0.05, 0.1) is 13.2 Å². The highest BCUT2D eigenvalue weighted by atomic mass is 16.5. The number of rotatable bonds is 19. The minimum Gasteiger partial charge on any atom is -0.469 e. The maximum atomic E-state index is 11.0. The van der Waals surface area contributed by atoms with Crippen LogP contribution in [0.2, 0.25) is 0 Å². The predicted molar refractivity (Wildman–Crippen MR) is 107 cm³/mol. The van der Waals surface area contributed by atoms with Crippen LogP contribution in [0, 0.1) is 0 Å². The van der Waals surface area contributed by atoms with Gasteiger partial charge in [-0.25, -0.2) is 0 Å². The van der Waals surface area contributed by atoms with E-state index in [9.17, 15) is 4.79 Å². The van der Waals surface area contributed by atoms with Crippen molar-refractivity contribution in [3.05, 3.63) is 0 Å². The van der Waals surface area contributed by atoms with E-state index in [0.717, 1.165) is 12.8 Å². The number of hydrogen-bond donors (Lipinski definition) is 0. The molecule has 0 amide bonds. The van der Waals surface area contributed by atoms with Crippen molar-refractivity contribution >= 4 is 5.97 Å². The van der Waals surface area contributed by atoms with E-state index in [2.05, 4.69) is 11.7 Å². The van der Waals surface area contributed by atoms with Crippen LogP contribution in [-0.2, 0) is 14.3 Å². The van der Waals surface area contributed by atoms with E-state index in [1.54, 1.807) is 0 Å². The lowest BCUT2D eigenvalue weighted by atomic mass is 10.0. The number of esters is 1. The molecule has 0 fully saturated rings. The van der Waals surface area contributed by atoms with Crippen molar-refractivity contribution in [2.45, 2.75) is 122 Å². The minimum atomic E-state index is -0.0725. The Morgan fingerprint density at radius 3 is 1.56 bits per heavy atom. The second kappa shape index (κ2) is 19.8. The van der Waals surface area contributed by atoms with Gasteiger partial charge in [-0.1, -0.05) is 90.4 Å². The van der Waals surface area contributed by atoms with Gasteiger partial charge >= 0.3 is 5.97 Å². The highest BCUT2D eigenvalue weighted by molar-refractivity contribution is 5.68. The molecular weight excluding hydrogens is 312 g/mol. The smallest absolute Gasteiger partial charge is 0.305 e. The zero-order chi connectivity index (χ0) is 18.6. The zero-order valence-electron chi connectivity index (χ0n) is 17.3. The Balaban J connectivity index is 3.25. The van der Waals surface area contributed by atoms with Crippen LogP contribution < -0.4 is 0 Å². The van der Waals surface area contributed by atoms with E-state index in [1.165, 1.54) is 97.0 Å². The van der Waals surface area contributed by atoms with Gasteiger partial charge in [-0.05, 0) is 19.3 Å². The fourth-order valence-electron chi connectivity index (χ4n) is 3.34. The van der Waals surface area contributed by atoms with Crippen molar-refractivity contribution in [2.75, 3.05) is 14.2 Å². The van der Waals surface area contributed by atoms with Crippen molar-refractivity contribution in [3.63, 3.8) is 0 Å². The third-order valence-electron chi connectivity index (χ3n) is 5.10. The average molecular weight is 357 g/mol. The third kappa shape index (κ3) is 18.0. The van der Waals surface area contributed by atoms with Crippen molar-refractivity contribution in [2.24, 2.45) is 0 Å². The number of unbranched alkanes of at least 4 members (excludes halogenated alkanes) is 12. The Bertz CT molecular complexity index is 278. The summed E-state index contributed by atoms with van der Waals surface area (Å²) >= 11 is 0. The molecule has 0 heterocycles. The molecule has 0 radical (unpaired) electrons. The van der Waals surface area contributed by atoms with Crippen LogP contribution in [-0.4, -0.2) is 26.3 Å². The second-order valence-electron chi connectivity index (χ2n) is 7.36. The van der Waals surface area contributed by atoms with Gasteiger partial charge in [0.2, 0.25) is 0 Å². The van der Waals surface area contributed by atoms with Crippen molar-refractivity contribution in [1.29, 1.82) is 0 Å². The predicted octanol–water partition coefficient (Wildman–Crippen LogP) is 6.83. The molecule has 0 spiro atoms. The molecule has 0 aliphatic carbocycles. The standard InChI is InChI=1S/C22H44O3/c1-4-5-6-15-18-21(24-2)19-16-13-11-9-7-8-10-12-14-17-20-22(23)25-3/h21H,4-20H2,1-3H3/t21-/m0/s1. The number of hydrogen-bond acceptors (Lipinski definition) is 3. The van der Waals surface area contributed by atoms with Gasteiger partial charge in [0.15, 0.2) is 0 Å². The fourth-order valence-corrected chi connectivity index (χ4v) is 3.34. The molecule has 0 saturated carbocycles. The molecule has 0 aliphatic rings. The van der Waals surface area contributed by atoms with Crippen LogP contribution in [0.15, 0.2) is 0 Å². The van der Waals surface area contributed by atoms with Crippen LogP contribution in [0.4, 0.5) is 0 Å². The topological polar surface area (TPSA) is 35.5 Å². The molecule has 0 unspecified atom stereocenters. The van der Waals surface area contributed by atoms with Crippen LogP contribution in [0.1, 0.15) is 116 Å². The molecule has 0 aromatic rings. The van der Waals surface area contributed by atoms with E-state index >= 15 is 0 Å². The van der Waals surface area contributed by atoms with Crippen LogP contribution in [0.25, 0.3) is 0 Å². The molecule has 25 heavy (non-hydrogen) atoms. The maximum Gasteiger partial charge on any atom is 0.305 e. The minimum absolute atomic E-state index is 0.0725. The van der Waals surface area contributed by atoms with Gasteiger partial charge < -0.3 is 9.47 Å². The summed E-state index contributed by atoms with van der Waals surface area (Å²) in [6, 6.07) is 0. The lowest BCUT2D eigenvalue weighted by molar-refractivity contribution is -0.140. The molecule has 0 aromatic carbocycles. The van der Waals surface area contributed by atoms with Gasteiger partial charge in [-0.3, -0.25) is 4.79 Å². The normalized spacial score (nSPS) is 12.3. The lowest BCUT2D eigenvalue weighted by Crippen LogP contribution is -2.10. The van der Waals surface area contributed by atoms with Crippen LogP contribution >= 0.6 is 0 Å². The molecule has 3 nitrogen and oxygen atoms in total. The summed E-state index contributed by atoms with van der Waals surface area (Å²) in [5, 5.41) is 0. The van der Waals surface area contributed by atoms with Crippen LogP contribution in [0.3, 0.4) is 0 Å². The SMILES string of the molecule is CCCCCC[C@@H](CCCCCCCCCCCCC(=O)OC)OC. The first-order valence-electron chi connectivity index (χ1n) is 10.8. The summed E-state index contributed by atoms with van der Waals surface area (Å²) in [4.78, 5) is 11.0. The highest BCUT2D eigenvalue weighted by Crippen LogP contribution is 2.16. The number of ether oxygens (including phenoxy) is 2. The molecular formula is C22H44O3.